The van der Waals surface area contributed by atoms with Crippen LogP contribution >= 0.6 is 0 Å². The van der Waals surface area contributed by atoms with Gasteiger partial charge in [0.2, 0.25) is 5.95 Å². The Balaban J connectivity index is 1.77. The van der Waals surface area contributed by atoms with Gasteiger partial charge in [0.15, 0.2) is 5.65 Å². The number of hydrogen-bond donors (Lipinski definition) is 1. The Bertz CT molecular complexity index is 556. The van der Waals surface area contributed by atoms with E-state index in [0.29, 0.717) is 5.92 Å². The smallest absolute Gasteiger partial charge is 0.245 e. The minimum Gasteiger partial charge on any atom is -0.342 e. The molecule has 3 heterocycles. The molecule has 102 valence electrons. The lowest BCUT2D eigenvalue weighted by Crippen LogP contribution is -2.37. The Hall–Kier alpha value is -1.62. The summed E-state index contributed by atoms with van der Waals surface area (Å²) in [7, 11) is 2.08. The number of anilines is 1. The number of rotatable bonds is 3. The zero-order chi connectivity index (χ0) is 13.2. The van der Waals surface area contributed by atoms with Crippen LogP contribution in [0.1, 0.15) is 18.4 Å². The predicted molar refractivity (Wildman–Crippen MR) is 76.6 cm³/mol. The fourth-order valence-corrected chi connectivity index (χ4v) is 2.74. The second-order valence-electron chi connectivity index (χ2n) is 5.46. The number of fused-ring (bicyclic) bond motifs is 1. The van der Waals surface area contributed by atoms with Gasteiger partial charge < -0.3 is 10.2 Å². The summed E-state index contributed by atoms with van der Waals surface area (Å²) in [5.41, 5.74) is 2.11. The van der Waals surface area contributed by atoms with Gasteiger partial charge in [0.05, 0.1) is 0 Å². The molecule has 1 atom stereocenters. The van der Waals surface area contributed by atoms with Gasteiger partial charge in [-0.15, -0.1) is 5.10 Å². The van der Waals surface area contributed by atoms with Crippen LogP contribution in [0.2, 0.25) is 0 Å². The van der Waals surface area contributed by atoms with Crippen molar-refractivity contribution in [1.29, 1.82) is 0 Å². The van der Waals surface area contributed by atoms with Crippen LogP contribution in [0.5, 0.6) is 0 Å². The van der Waals surface area contributed by atoms with Crippen LogP contribution in [0.3, 0.4) is 0 Å². The van der Waals surface area contributed by atoms with E-state index < -0.39 is 0 Å². The Morgan fingerprint density at radius 2 is 2.42 bits per heavy atom. The van der Waals surface area contributed by atoms with Gasteiger partial charge in [0.25, 0.3) is 0 Å². The minimum atomic E-state index is 0.700. The maximum Gasteiger partial charge on any atom is 0.245 e. The second kappa shape index (κ2) is 5.17. The molecule has 2 aromatic heterocycles. The largest absolute Gasteiger partial charge is 0.342 e. The normalized spacial score (nSPS) is 19.8. The van der Waals surface area contributed by atoms with Crippen molar-refractivity contribution in [1.82, 2.24) is 19.9 Å². The summed E-state index contributed by atoms with van der Waals surface area (Å²) < 4.78 is 1.86. The fourth-order valence-electron chi connectivity index (χ4n) is 2.74. The molecule has 1 aliphatic rings. The van der Waals surface area contributed by atoms with Crippen LogP contribution in [-0.4, -0.2) is 41.3 Å². The molecule has 1 N–H and O–H groups in total. The van der Waals surface area contributed by atoms with Gasteiger partial charge in [-0.25, -0.2) is 4.52 Å². The van der Waals surface area contributed by atoms with Gasteiger partial charge in [-0.05, 0) is 50.4 Å². The number of aromatic nitrogens is 3. The lowest BCUT2D eigenvalue weighted by molar-refractivity contribution is 0.380. The Morgan fingerprint density at radius 3 is 3.16 bits per heavy atom. The van der Waals surface area contributed by atoms with E-state index in [1.165, 1.54) is 12.8 Å². The van der Waals surface area contributed by atoms with Gasteiger partial charge in [-0.2, -0.15) is 4.98 Å². The number of piperidine rings is 1. The highest BCUT2D eigenvalue weighted by atomic mass is 15.4. The first-order valence-corrected chi connectivity index (χ1v) is 6.98. The molecule has 0 radical (unpaired) electrons. The lowest BCUT2D eigenvalue weighted by Gasteiger charge is -2.26. The number of nitrogens with zero attached hydrogens (tertiary/aromatic N) is 4. The zero-order valence-corrected chi connectivity index (χ0v) is 11.6. The van der Waals surface area contributed by atoms with Crippen LogP contribution < -0.4 is 10.2 Å². The Labute approximate surface area is 113 Å². The van der Waals surface area contributed by atoms with Crippen molar-refractivity contribution in [2.45, 2.75) is 19.8 Å². The van der Waals surface area contributed by atoms with Gasteiger partial charge in [-0.1, -0.05) is 6.07 Å². The van der Waals surface area contributed by atoms with E-state index >= 15 is 0 Å². The average Bonchev–Trinajstić information content (AvgIpc) is 2.85. The average molecular weight is 259 g/mol. The van der Waals surface area contributed by atoms with E-state index in [-0.39, 0.29) is 0 Å². The molecule has 5 heteroatoms. The van der Waals surface area contributed by atoms with E-state index in [1.54, 1.807) is 0 Å². The van der Waals surface area contributed by atoms with Gasteiger partial charge in [0.1, 0.15) is 0 Å². The maximum absolute atomic E-state index is 4.64. The third-order valence-corrected chi connectivity index (χ3v) is 3.82. The first-order valence-electron chi connectivity index (χ1n) is 6.98. The van der Waals surface area contributed by atoms with Crippen molar-refractivity contribution in [3.8, 4) is 0 Å². The molecule has 5 nitrogen and oxygen atoms in total. The summed E-state index contributed by atoms with van der Waals surface area (Å²) in [6.45, 7) is 5.35. The molecule has 2 aromatic rings. The molecule has 19 heavy (non-hydrogen) atoms. The van der Waals surface area contributed by atoms with Crippen molar-refractivity contribution >= 4 is 11.6 Å². The van der Waals surface area contributed by atoms with Crippen molar-refractivity contribution in [3.63, 3.8) is 0 Å². The summed E-state index contributed by atoms with van der Waals surface area (Å²) >= 11 is 0. The van der Waals surface area contributed by atoms with E-state index in [2.05, 4.69) is 40.3 Å². The van der Waals surface area contributed by atoms with Gasteiger partial charge in [-0.3, -0.25) is 0 Å². The van der Waals surface area contributed by atoms with Crippen molar-refractivity contribution < 1.29 is 0 Å². The van der Waals surface area contributed by atoms with E-state index in [1.807, 2.05) is 16.8 Å². The van der Waals surface area contributed by atoms with Crippen LogP contribution in [0, 0.1) is 12.8 Å². The quantitative estimate of drug-likeness (QED) is 0.907. The Kier molecular flexibility index (Phi) is 3.38. The summed E-state index contributed by atoms with van der Waals surface area (Å²) in [4.78, 5) is 6.81. The molecule has 1 aliphatic heterocycles. The first kappa shape index (κ1) is 12.4. The monoisotopic (exact) mass is 259 g/mol. The molecule has 0 bridgehead atoms. The molecule has 0 amide bonds. The standard InChI is InChI=1S/C14H21N5/c1-11-5-4-8-19-13(11)16-14(17-19)18(2)10-12-6-3-7-15-9-12/h4-5,8,12,15H,3,6-7,9-10H2,1-2H3. The SMILES string of the molecule is Cc1cccn2nc(N(C)CC3CCCNC3)nc12. The van der Waals surface area contributed by atoms with E-state index in [4.69, 9.17) is 0 Å². The third-order valence-electron chi connectivity index (χ3n) is 3.82. The highest BCUT2D eigenvalue weighted by Crippen LogP contribution is 2.16. The number of aryl methyl sites for hydroxylation is 1. The number of hydrogen-bond acceptors (Lipinski definition) is 4. The fraction of sp³-hybridized carbons (Fsp3) is 0.571. The first-order chi connectivity index (χ1) is 9.24. The van der Waals surface area contributed by atoms with Crippen LogP contribution in [0.15, 0.2) is 18.3 Å². The topological polar surface area (TPSA) is 45.5 Å². The highest BCUT2D eigenvalue weighted by molar-refractivity contribution is 5.50. The second-order valence-corrected chi connectivity index (χ2v) is 5.46. The zero-order valence-electron chi connectivity index (χ0n) is 11.6. The van der Waals surface area contributed by atoms with E-state index in [9.17, 15) is 0 Å². The van der Waals surface area contributed by atoms with Crippen LogP contribution in [0.25, 0.3) is 5.65 Å². The molecule has 1 unspecified atom stereocenters. The van der Waals surface area contributed by atoms with Crippen molar-refractivity contribution in [3.05, 3.63) is 23.9 Å². The van der Waals surface area contributed by atoms with Crippen LogP contribution in [0.4, 0.5) is 5.95 Å². The van der Waals surface area contributed by atoms with Crippen molar-refractivity contribution in [2.75, 3.05) is 31.6 Å². The third kappa shape index (κ3) is 2.56. The Morgan fingerprint density at radius 1 is 1.53 bits per heavy atom. The maximum atomic E-state index is 4.64. The van der Waals surface area contributed by atoms with Crippen LogP contribution in [-0.2, 0) is 0 Å². The summed E-state index contributed by atoms with van der Waals surface area (Å²) in [6, 6.07) is 4.07. The van der Waals surface area contributed by atoms with Crippen molar-refractivity contribution in [2.24, 2.45) is 5.92 Å². The number of nitrogens with one attached hydrogen (secondary N) is 1. The predicted octanol–water partition coefficient (Wildman–Crippen LogP) is 1.47. The molecule has 3 rings (SSSR count). The molecule has 1 saturated heterocycles. The molecule has 0 saturated carbocycles. The lowest BCUT2D eigenvalue weighted by atomic mass is 9.99. The van der Waals surface area contributed by atoms with Gasteiger partial charge >= 0.3 is 0 Å². The molecule has 1 fully saturated rings. The highest BCUT2D eigenvalue weighted by Gasteiger charge is 2.17. The summed E-state index contributed by atoms with van der Waals surface area (Å²) in [5.74, 6) is 1.52. The molecule has 0 spiro atoms. The van der Waals surface area contributed by atoms with E-state index in [0.717, 1.165) is 36.8 Å². The molecular weight excluding hydrogens is 238 g/mol. The number of pyridine rings is 1. The summed E-state index contributed by atoms with van der Waals surface area (Å²) in [6.07, 6.45) is 4.52. The molecule has 0 aromatic carbocycles. The summed E-state index contributed by atoms with van der Waals surface area (Å²) in [5, 5.41) is 8.00. The van der Waals surface area contributed by atoms with Gasteiger partial charge in [0, 0.05) is 19.8 Å². The molecular formula is C14H21N5. The molecule has 0 aliphatic carbocycles. The minimum absolute atomic E-state index is 0.700.